The van der Waals surface area contributed by atoms with Crippen LogP contribution in [0.1, 0.15) is 27.2 Å². The molecule has 1 aromatic rings. The van der Waals surface area contributed by atoms with E-state index < -0.39 is 12.2 Å². The van der Waals surface area contributed by atoms with Gasteiger partial charge in [0.25, 0.3) is 0 Å². The fraction of sp³-hybridized carbons (Fsp3) is 0.583. The normalized spacial score (nSPS) is 12.8. The fourth-order valence-corrected chi connectivity index (χ4v) is 1.69. The highest BCUT2D eigenvalue weighted by Crippen LogP contribution is 2.23. The van der Waals surface area contributed by atoms with Gasteiger partial charge in [0.1, 0.15) is 24.2 Å². The lowest BCUT2D eigenvalue weighted by Gasteiger charge is -2.25. The Morgan fingerprint density at radius 3 is 2.68 bits per heavy atom. The minimum atomic E-state index is -0.821. The van der Waals surface area contributed by atoms with E-state index in [0.29, 0.717) is 12.3 Å². The number of primary amides is 1. The van der Waals surface area contributed by atoms with E-state index in [1.807, 2.05) is 20.8 Å². The second-order valence-electron chi connectivity index (χ2n) is 5.31. The second kappa shape index (κ2) is 6.56. The molecule has 106 valence electrons. The Labute approximate surface area is 117 Å². The number of carbonyl (C=O) groups excluding carboxylic acids is 1. The molecule has 1 amide bonds. The van der Waals surface area contributed by atoms with Crippen molar-refractivity contribution in [2.24, 2.45) is 11.1 Å². The summed E-state index contributed by atoms with van der Waals surface area (Å²) >= 11 is 5.71. The van der Waals surface area contributed by atoms with Crippen molar-refractivity contribution in [3.05, 3.63) is 17.5 Å². The Balaban J connectivity index is 2.59. The third-order valence-electron chi connectivity index (χ3n) is 2.15. The third kappa shape index (κ3) is 6.81. The molecule has 0 aliphatic rings. The van der Waals surface area contributed by atoms with Crippen LogP contribution in [0.25, 0.3) is 0 Å². The van der Waals surface area contributed by atoms with Crippen LogP contribution in [0.2, 0.25) is 5.15 Å². The summed E-state index contributed by atoms with van der Waals surface area (Å²) in [6.07, 6.45) is 0.657. The molecule has 0 aliphatic heterocycles. The molecule has 19 heavy (non-hydrogen) atoms. The molecule has 1 aromatic heterocycles. The van der Waals surface area contributed by atoms with Crippen LogP contribution in [0.4, 0.5) is 4.79 Å². The largest absolute Gasteiger partial charge is 0.474 e. The minimum Gasteiger partial charge on any atom is -0.474 e. The standard InChI is InChI=1S/C12H18ClN3O3/c1-12(2,3)5-8(19-11(14)17)6-18-10-4-9(13)15-7-16-10/h4,7-8H,5-6H2,1-3H3,(H2,14,17). The van der Waals surface area contributed by atoms with Gasteiger partial charge >= 0.3 is 6.09 Å². The zero-order chi connectivity index (χ0) is 14.5. The van der Waals surface area contributed by atoms with Gasteiger partial charge in [0.15, 0.2) is 0 Å². The van der Waals surface area contributed by atoms with E-state index in [1.165, 1.54) is 12.4 Å². The average Bonchev–Trinajstić information content (AvgIpc) is 2.23. The lowest BCUT2D eigenvalue weighted by molar-refractivity contribution is 0.0451. The monoisotopic (exact) mass is 287 g/mol. The molecule has 0 fully saturated rings. The molecule has 7 heteroatoms. The van der Waals surface area contributed by atoms with Crippen molar-refractivity contribution in [3.8, 4) is 5.88 Å². The topological polar surface area (TPSA) is 87.3 Å². The number of hydrogen-bond acceptors (Lipinski definition) is 5. The van der Waals surface area contributed by atoms with Gasteiger partial charge < -0.3 is 15.2 Å². The summed E-state index contributed by atoms with van der Waals surface area (Å²) in [5.41, 5.74) is 5.02. The molecule has 1 atom stereocenters. The van der Waals surface area contributed by atoms with Crippen molar-refractivity contribution < 1.29 is 14.3 Å². The quantitative estimate of drug-likeness (QED) is 0.840. The smallest absolute Gasteiger partial charge is 0.404 e. The van der Waals surface area contributed by atoms with E-state index in [0.717, 1.165) is 0 Å². The number of ether oxygens (including phenoxy) is 2. The summed E-state index contributed by atoms with van der Waals surface area (Å²) in [6.45, 7) is 6.26. The van der Waals surface area contributed by atoms with E-state index in [4.69, 9.17) is 26.8 Å². The molecule has 0 radical (unpaired) electrons. The molecule has 1 unspecified atom stereocenters. The van der Waals surface area contributed by atoms with Crippen molar-refractivity contribution in [2.75, 3.05) is 6.61 Å². The van der Waals surface area contributed by atoms with E-state index in [2.05, 4.69) is 9.97 Å². The zero-order valence-electron chi connectivity index (χ0n) is 11.2. The van der Waals surface area contributed by atoms with Gasteiger partial charge in [0, 0.05) is 6.07 Å². The van der Waals surface area contributed by atoms with Crippen molar-refractivity contribution >= 4 is 17.7 Å². The van der Waals surface area contributed by atoms with Crippen LogP contribution < -0.4 is 10.5 Å². The van der Waals surface area contributed by atoms with E-state index in [-0.39, 0.29) is 17.2 Å². The summed E-state index contributed by atoms with van der Waals surface area (Å²) in [5, 5.41) is 0.285. The molecule has 0 bridgehead atoms. The van der Waals surface area contributed by atoms with Gasteiger partial charge in [-0.2, -0.15) is 0 Å². The minimum absolute atomic E-state index is 0.0210. The van der Waals surface area contributed by atoms with Gasteiger partial charge in [-0.25, -0.2) is 14.8 Å². The van der Waals surface area contributed by atoms with E-state index >= 15 is 0 Å². The predicted octanol–water partition coefficient (Wildman–Crippen LogP) is 2.41. The van der Waals surface area contributed by atoms with Gasteiger partial charge in [-0.15, -0.1) is 0 Å². The Kier molecular flexibility index (Phi) is 5.35. The number of nitrogens with zero attached hydrogens (tertiary/aromatic N) is 2. The first-order valence-corrected chi connectivity index (χ1v) is 6.20. The summed E-state index contributed by atoms with van der Waals surface area (Å²) in [6, 6.07) is 1.49. The fourth-order valence-electron chi connectivity index (χ4n) is 1.56. The van der Waals surface area contributed by atoms with Crippen LogP contribution in [0.5, 0.6) is 5.88 Å². The highest BCUT2D eigenvalue weighted by molar-refractivity contribution is 6.29. The van der Waals surface area contributed by atoms with Crippen LogP contribution in [0.3, 0.4) is 0 Å². The van der Waals surface area contributed by atoms with Crippen LogP contribution >= 0.6 is 11.6 Å². The van der Waals surface area contributed by atoms with E-state index in [1.54, 1.807) is 0 Å². The predicted molar refractivity (Wildman–Crippen MR) is 71.1 cm³/mol. The summed E-state index contributed by atoms with van der Waals surface area (Å²) in [7, 11) is 0. The highest BCUT2D eigenvalue weighted by atomic mass is 35.5. The molecular formula is C12H18ClN3O3. The number of carbonyl (C=O) groups is 1. The molecule has 0 saturated heterocycles. The first-order chi connectivity index (χ1) is 8.76. The van der Waals surface area contributed by atoms with E-state index in [9.17, 15) is 4.79 Å². The number of aromatic nitrogens is 2. The first kappa shape index (κ1) is 15.5. The van der Waals surface area contributed by atoms with Crippen molar-refractivity contribution in [1.82, 2.24) is 9.97 Å². The Hall–Kier alpha value is -1.56. The van der Waals surface area contributed by atoms with Crippen LogP contribution in [-0.4, -0.2) is 28.8 Å². The number of hydrogen-bond donors (Lipinski definition) is 1. The Morgan fingerprint density at radius 2 is 2.16 bits per heavy atom. The third-order valence-corrected chi connectivity index (χ3v) is 2.36. The van der Waals surface area contributed by atoms with Crippen LogP contribution in [0, 0.1) is 5.41 Å². The van der Waals surface area contributed by atoms with Crippen LogP contribution in [0.15, 0.2) is 12.4 Å². The lowest BCUT2D eigenvalue weighted by atomic mass is 9.89. The number of halogens is 1. The molecule has 0 saturated carbocycles. The second-order valence-corrected chi connectivity index (χ2v) is 5.70. The molecule has 1 heterocycles. The molecule has 1 rings (SSSR count). The molecule has 2 N–H and O–H groups in total. The van der Waals surface area contributed by atoms with Crippen LogP contribution in [-0.2, 0) is 4.74 Å². The maximum Gasteiger partial charge on any atom is 0.404 e. The van der Waals surface area contributed by atoms with Gasteiger partial charge in [0.05, 0.1) is 0 Å². The number of nitrogens with two attached hydrogens (primary N) is 1. The average molecular weight is 288 g/mol. The lowest BCUT2D eigenvalue weighted by Crippen LogP contribution is -2.31. The Bertz CT molecular complexity index is 434. The van der Waals surface area contributed by atoms with Crippen molar-refractivity contribution in [3.63, 3.8) is 0 Å². The van der Waals surface area contributed by atoms with Gasteiger partial charge in [0.2, 0.25) is 5.88 Å². The Morgan fingerprint density at radius 1 is 1.47 bits per heavy atom. The van der Waals surface area contributed by atoms with Crippen molar-refractivity contribution in [2.45, 2.75) is 33.3 Å². The van der Waals surface area contributed by atoms with Gasteiger partial charge in [-0.3, -0.25) is 0 Å². The maximum absolute atomic E-state index is 10.9. The SMILES string of the molecule is CC(C)(C)CC(COc1cc(Cl)ncn1)OC(N)=O. The maximum atomic E-state index is 10.9. The molecule has 0 aromatic carbocycles. The van der Waals surface area contributed by atoms with Gasteiger partial charge in [-0.1, -0.05) is 32.4 Å². The summed E-state index contributed by atoms with van der Waals surface area (Å²) < 4.78 is 10.4. The zero-order valence-corrected chi connectivity index (χ0v) is 12.0. The number of amides is 1. The highest BCUT2D eigenvalue weighted by Gasteiger charge is 2.22. The number of rotatable bonds is 5. The van der Waals surface area contributed by atoms with Gasteiger partial charge in [-0.05, 0) is 11.8 Å². The van der Waals surface area contributed by atoms with Crippen molar-refractivity contribution in [1.29, 1.82) is 0 Å². The summed E-state index contributed by atoms with van der Waals surface area (Å²) in [4.78, 5) is 18.5. The molecular weight excluding hydrogens is 270 g/mol. The molecule has 0 aliphatic carbocycles. The first-order valence-electron chi connectivity index (χ1n) is 5.83. The molecule has 6 nitrogen and oxygen atoms in total. The summed E-state index contributed by atoms with van der Waals surface area (Å²) in [5.74, 6) is 0.326. The molecule has 0 spiro atoms.